The molecule has 0 aliphatic rings. The molecule has 1 unspecified atom stereocenters. The maximum absolute atomic E-state index is 12.3. The first-order chi connectivity index (χ1) is 16.7. The summed E-state index contributed by atoms with van der Waals surface area (Å²) in [6.45, 7) is 4.29. The SMILES string of the molecule is CCC(O)COc1cccc(Cn2nc(-c3nc(-c4ccc(OC(F)(F)F)cc4)no3)nc2C)c1. The summed E-state index contributed by atoms with van der Waals surface area (Å²) in [5.41, 5.74) is 1.36. The van der Waals surface area contributed by atoms with Gasteiger partial charge in [-0.1, -0.05) is 24.2 Å². The third kappa shape index (κ3) is 6.35. The smallest absolute Gasteiger partial charge is 0.491 e. The fourth-order valence-electron chi connectivity index (χ4n) is 3.11. The second kappa shape index (κ2) is 10.1. The molecule has 0 aliphatic heterocycles. The van der Waals surface area contributed by atoms with Gasteiger partial charge in [-0.3, -0.25) is 0 Å². The predicted octanol–water partition coefficient (Wildman–Crippen LogP) is 4.40. The Bertz CT molecular complexity index is 1270. The van der Waals surface area contributed by atoms with E-state index in [2.05, 4.69) is 25.0 Å². The number of aromatic nitrogens is 5. The summed E-state index contributed by atoms with van der Waals surface area (Å²) >= 11 is 0. The number of aryl methyl sites for hydroxylation is 1. The molecular weight excluding hydrogens is 467 g/mol. The van der Waals surface area contributed by atoms with E-state index in [1.54, 1.807) is 11.6 Å². The molecule has 0 amide bonds. The Labute approximate surface area is 198 Å². The van der Waals surface area contributed by atoms with Crippen LogP contribution in [0.4, 0.5) is 13.2 Å². The van der Waals surface area contributed by atoms with Crippen LogP contribution in [-0.2, 0) is 6.54 Å². The third-order valence-corrected chi connectivity index (χ3v) is 4.96. The van der Waals surface area contributed by atoms with Crippen molar-refractivity contribution in [3.63, 3.8) is 0 Å². The lowest BCUT2D eigenvalue weighted by molar-refractivity contribution is -0.274. The van der Waals surface area contributed by atoms with Gasteiger partial charge in [0, 0.05) is 5.56 Å². The molecule has 2 heterocycles. The lowest BCUT2D eigenvalue weighted by Gasteiger charge is -2.11. The topological polar surface area (TPSA) is 108 Å². The first-order valence-electron chi connectivity index (χ1n) is 10.7. The molecular formula is C23H22F3N5O4. The van der Waals surface area contributed by atoms with Crippen LogP contribution in [0.25, 0.3) is 23.1 Å². The van der Waals surface area contributed by atoms with Gasteiger partial charge < -0.3 is 19.1 Å². The van der Waals surface area contributed by atoms with Crippen LogP contribution < -0.4 is 9.47 Å². The van der Waals surface area contributed by atoms with Crippen molar-refractivity contribution in [1.29, 1.82) is 0 Å². The van der Waals surface area contributed by atoms with Gasteiger partial charge in [-0.15, -0.1) is 18.3 Å². The summed E-state index contributed by atoms with van der Waals surface area (Å²) < 4.78 is 53.4. The number of hydrogen-bond donors (Lipinski definition) is 1. The average Bonchev–Trinajstić information content (AvgIpc) is 3.44. The Morgan fingerprint density at radius 1 is 1.06 bits per heavy atom. The van der Waals surface area contributed by atoms with Crippen molar-refractivity contribution < 1.29 is 32.3 Å². The van der Waals surface area contributed by atoms with Crippen molar-refractivity contribution in [2.24, 2.45) is 0 Å². The molecule has 9 nitrogen and oxygen atoms in total. The Morgan fingerprint density at radius 3 is 2.54 bits per heavy atom. The normalized spacial score (nSPS) is 12.5. The lowest BCUT2D eigenvalue weighted by atomic mass is 10.2. The number of alkyl halides is 3. The van der Waals surface area contributed by atoms with E-state index in [-0.39, 0.29) is 29.9 Å². The van der Waals surface area contributed by atoms with Gasteiger partial charge in [-0.2, -0.15) is 4.98 Å². The standard InChI is InChI=1S/C23H22F3N5O4/c1-3-17(32)13-33-19-6-4-5-15(11-19)12-31-14(2)27-21(29-31)22-28-20(30-35-22)16-7-9-18(10-8-16)34-23(24,25)26/h4-11,17,32H,3,12-13H2,1-2H3. The van der Waals surface area contributed by atoms with Crippen LogP contribution >= 0.6 is 0 Å². The molecule has 0 bridgehead atoms. The first kappa shape index (κ1) is 24.2. The highest BCUT2D eigenvalue weighted by molar-refractivity contribution is 5.57. The van der Waals surface area contributed by atoms with Gasteiger partial charge >= 0.3 is 6.36 Å². The minimum absolute atomic E-state index is 0.0723. The van der Waals surface area contributed by atoms with Gasteiger partial charge in [-0.05, 0) is 55.3 Å². The van der Waals surface area contributed by atoms with Crippen molar-refractivity contribution in [2.45, 2.75) is 39.3 Å². The molecule has 35 heavy (non-hydrogen) atoms. The summed E-state index contributed by atoms with van der Waals surface area (Å²) in [5, 5.41) is 18.0. The van der Waals surface area contributed by atoms with E-state index in [1.165, 1.54) is 12.1 Å². The van der Waals surface area contributed by atoms with Crippen LogP contribution in [-0.4, -0.2) is 49.1 Å². The van der Waals surface area contributed by atoms with E-state index >= 15 is 0 Å². The van der Waals surface area contributed by atoms with Gasteiger partial charge in [0.05, 0.1) is 12.6 Å². The fourth-order valence-corrected chi connectivity index (χ4v) is 3.11. The van der Waals surface area contributed by atoms with Gasteiger partial charge in [0.1, 0.15) is 23.9 Å². The predicted molar refractivity (Wildman–Crippen MR) is 118 cm³/mol. The summed E-state index contributed by atoms with van der Waals surface area (Å²) in [6, 6.07) is 12.6. The van der Waals surface area contributed by atoms with E-state index in [0.717, 1.165) is 17.7 Å². The van der Waals surface area contributed by atoms with E-state index in [9.17, 15) is 18.3 Å². The second-order valence-electron chi connectivity index (χ2n) is 7.66. The monoisotopic (exact) mass is 489 g/mol. The summed E-state index contributed by atoms with van der Waals surface area (Å²) in [5.74, 6) is 1.37. The molecule has 0 saturated heterocycles. The molecule has 4 aromatic rings. The number of rotatable bonds is 9. The maximum Gasteiger partial charge on any atom is 0.573 e. The highest BCUT2D eigenvalue weighted by atomic mass is 19.4. The lowest BCUT2D eigenvalue weighted by Crippen LogP contribution is -2.16. The van der Waals surface area contributed by atoms with Crippen LogP contribution in [0, 0.1) is 6.92 Å². The number of aliphatic hydroxyl groups excluding tert-OH is 1. The quantitative estimate of drug-likeness (QED) is 0.369. The zero-order chi connectivity index (χ0) is 25.0. The maximum atomic E-state index is 12.3. The van der Waals surface area contributed by atoms with Gasteiger partial charge in [-0.25, -0.2) is 9.67 Å². The molecule has 4 rings (SSSR count). The number of ether oxygens (including phenoxy) is 2. The van der Waals surface area contributed by atoms with E-state index < -0.39 is 12.5 Å². The number of aliphatic hydroxyl groups is 1. The Morgan fingerprint density at radius 2 is 1.83 bits per heavy atom. The van der Waals surface area contributed by atoms with Gasteiger partial charge in [0.2, 0.25) is 11.6 Å². The summed E-state index contributed by atoms with van der Waals surface area (Å²) in [6.07, 6.45) is -4.69. The Balaban J connectivity index is 1.46. The van der Waals surface area contributed by atoms with Gasteiger partial charge in [0.15, 0.2) is 0 Å². The molecule has 0 saturated carbocycles. The largest absolute Gasteiger partial charge is 0.573 e. The zero-order valence-electron chi connectivity index (χ0n) is 18.9. The molecule has 1 N–H and O–H groups in total. The van der Waals surface area contributed by atoms with Gasteiger partial charge in [0.25, 0.3) is 5.89 Å². The number of halogens is 3. The van der Waals surface area contributed by atoms with Crippen LogP contribution in [0.15, 0.2) is 53.1 Å². The molecule has 2 aromatic carbocycles. The van der Waals surface area contributed by atoms with Crippen LogP contribution in [0.3, 0.4) is 0 Å². The van der Waals surface area contributed by atoms with Crippen molar-refractivity contribution in [3.05, 3.63) is 59.9 Å². The zero-order valence-corrected chi connectivity index (χ0v) is 18.9. The number of nitrogens with zero attached hydrogens (tertiary/aromatic N) is 5. The Kier molecular flexibility index (Phi) is 7.01. The summed E-state index contributed by atoms with van der Waals surface area (Å²) in [4.78, 5) is 8.63. The fraction of sp³-hybridized carbons (Fsp3) is 0.304. The molecule has 0 fully saturated rings. The Hall–Kier alpha value is -3.93. The van der Waals surface area contributed by atoms with E-state index in [0.29, 0.717) is 30.1 Å². The van der Waals surface area contributed by atoms with Crippen molar-refractivity contribution >= 4 is 0 Å². The van der Waals surface area contributed by atoms with E-state index in [4.69, 9.17) is 9.26 Å². The summed E-state index contributed by atoms with van der Waals surface area (Å²) in [7, 11) is 0. The molecule has 1 atom stereocenters. The van der Waals surface area contributed by atoms with Crippen LogP contribution in [0.2, 0.25) is 0 Å². The molecule has 184 valence electrons. The van der Waals surface area contributed by atoms with Crippen molar-refractivity contribution in [2.75, 3.05) is 6.61 Å². The molecule has 12 heteroatoms. The van der Waals surface area contributed by atoms with Crippen molar-refractivity contribution in [3.8, 4) is 34.6 Å². The molecule has 0 radical (unpaired) electrons. The first-order valence-corrected chi connectivity index (χ1v) is 10.7. The highest BCUT2D eigenvalue weighted by Gasteiger charge is 2.31. The molecule has 2 aromatic heterocycles. The average molecular weight is 489 g/mol. The van der Waals surface area contributed by atoms with Crippen LogP contribution in [0.5, 0.6) is 11.5 Å². The number of benzene rings is 2. The van der Waals surface area contributed by atoms with E-state index in [1.807, 2.05) is 31.2 Å². The minimum atomic E-state index is -4.77. The van der Waals surface area contributed by atoms with Crippen molar-refractivity contribution in [1.82, 2.24) is 24.9 Å². The molecule has 0 spiro atoms. The van der Waals surface area contributed by atoms with Crippen LogP contribution in [0.1, 0.15) is 24.7 Å². The minimum Gasteiger partial charge on any atom is -0.491 e. The highest BCUT2D eigenvalue weighted by Crippen LogP contribution is 2.26. The third-order valence-electron chi connectivity index (χ3n) is 4.96. The molecule has 0 aliphatic carbocycles. The second-order valence-corrected chi connectivity index (χ2v) is 7.66. The number of hydrogen-bond acceptors (Lipinski definition) is 8.